The fourth-order valence-corrected chi connectivity index (χ4v) is 8.02. The van der Waals surface area contributed by atoms with Crippen LogP contribution in [0.15, 0.2) is 36.5 Å². The second kappa shape index (κ2) is 54.2. The Hall–Kier alpha value is -2.41. The Morgan fingerprint density at radius 3 is 0.815 bits per heavy atom. The highest BCUT2D eigenvalue weighted by atomic mass is 16.6. The highest BCUT2D eigenvalue weighted by Crippen LogP contribution is 2.14. The molecule has 0 spiro atoms. The molecular weight excluding hydrogens is 807 g/mol. The normalized spacial score (nSPS) is 11.8. The largest absolute Gasteiger partial charge is 0.464 e. The van der Waals surface area contributed by atoms with Crippen molar-refractivity contribution in [1.82, 2.24) is 4.90 Å². The van der Waals surface area contributed by atoms with Gasteiger partial charge in [-0.05, 0) is 96.3 Å². The Morgan fingerprint density at radius 2 is 0.538 bits per heavy atom. The molecule has 0 bridgehead atoms. The molecule has 0 atom stereocenters. The molecule has 0 aromatic carbocycles. The van der Waals surface area contributed by atoms with E-state index in [1.807, 2.05) is 0 Å². The molecule has 0 aromatic rings. The third kappa shape index (κ3) is 52.4. The lowest BCUT2D eigenvalue weighted by Gasteiger charge is -2.21. The summed E-state index contributed by atoms with van der Waals surface area (Å²) in [5.74, 6) is -0.688. The van der Waals surface area contributed by atoms with Crippen molar-refractivity contribution in [2.75, 3.05) is 26.6 Å². The summed E-state index contributed by atoms with van der Waals surface area (Å²) in [7, 11) is 0. The smallest absolute Gasteiger partial charge is 0.307 e. The van der Waals surface area contributed by atoms with Crippen LogP contribution in [-0.4, -0.2) is 49.4 Å². The molecule has 0 aliphatic carbocycles. The van der Waals surface area contributed by atoms with E-state index in [1.165, 1.54) is 173 Å². The van der Waals surface area contributed by atoms with E-state index in [4.69, 9.17) is 14.2 Å². The topological polar surface area (TPSA) is 82.1 Å². The van der Waals surface area contributed by atoms with Gasteiger partial charge in [-0.3, -0.25) is 14.4 Å². The summed E-state index contributed by atoms with van der Waals surface area (Å²) < 4.78 is 16.7. The van der Waals surface area contributed by atoms with Crippen molar-refractivity contribution in [3.05, 3.63) is 36.5 Å². The zero-order valence-electron chi connectivity index (χ0n) is 43.4. The number of ether oxygens (including phenoxy) is 3. The number of carbonyl (C=O) groups excluding carboxylic acids is 3. The average molecular weight is 914 g/mol. The van der Waals surface area contributed by atoms with Gasteiger partial charge in [-0.25, -0.2) is 4.90 Å². The van der Waals surface area contributed by atoms with Gasteiger partial charge in [-0.1, -0.05) is 211 Å². The van der Waals surface area contributed by atoms with Crippen molar-refractivity contribution in [1.29, 1.82) is 0 Å². The molecule has 0 N–H and O–H groups in total. The van der Waals surface area contributed by atoms with Gasteiger partial charge in [-0.2, -0.15) is 0 Å². The van der Waals surface area contributed by atoms with Crippen LogP contribution in [-0.2, 0) is 28.6 Å². The molecule has 0 rings (SSSR count). The van der Waals surface area contributed by atoms with Crippen molar-refractivity contribution < 1.29 is 28.6 Å². The number of nitrogens with zero attached hydrogens (tertiary/aromatic N) is 1. The molecule has 0 radical (unpaired) electrons. The first kappa shape index (κ1) is 62.6. The first-order chi connectivity index (χ1) is 32.0. The fourth-order valence-electron chi connectivity index (χ4n) is 8.02. The second-order valence-corrected chi connectivity index (χ2v) is 18.9. The number of hydrogen-bond donors (Lipinski definition) is 0. The van der Waals surface area contributed by atoms with E-state index in [0.29, 0.717) is 25.8 Å². The zero-order valence-corrected chi connectivity index (χ0v) is 43.4. The molecule has 65 heavy (non-hydrogen) atoms. The van der Waals surface area contributed by atoms with Crippen LogP contribution in [0.4, 0.5) is 0 Å². The third-order valence-electron chi connectivity index (χ3n) is 12.4. The molecule has 7 heteroatoms. The van der Waals surface area contributed by atoms with Gasteiger partial charge in [0.05, 0.1) is 0 Å². The van der Waals surface area contributed by atoms with Crippen LogP contribution in [0.1, 0.15) is 290 Å². The van der Waals surface area contributed by atoms with E-state index in [-0.39, 0.29) is 38.0 Å². The van der Waals surface area contributed by atoms with E-state index < -0.39 is 0 Å². The van der Waals surface area contributed by atoms with Crippen LogP contribution >= 0.6 is 0 Å². The SMILES string of the molecule is CCCCCCCCC=CCCCCCCCC(=O)OCCN(COC(=O)CCCCCCCC=CCCCCCCCC)COC(=O)CCCCCCCC=CCCCCCCCC. The summed E-state index contributed by atoms with van der Waals surface area (Å²) in [5, 5.41) is 0. The highest BCUT2D eigenvalue weighted by molar-refractivity contribution is 5.70. The van der Waals surface area contributed by atoms with Crippen LogP contribution in [0.25, 0.3) is 0 Å². The molecule has 0 heterocycles. The van der Waals surface area contributed by atoms with Gasteiger partial charge in [0, 0.05) is 25.8 Å². The second-order valence-electron chi connectivity index (χ2n) is 18.9. The summed E-state index contributed by atoms with van der Waals surface area (Å²) in [5.41, 5.74) is 0. The van der Waals surface area contributed by atoms with Crippen LogP contribution in [0.2, 0.25) is 0 Å². The van der Waals surface area contributed by atoms with Crippen molar-refractivity contribution in [2.45, 2.75) is 290 Å². The van der Waals surface area contributed by atoms with E-state index in [1.54, 1.807) is 4.90 Å². The maximum atomic E-state index is 12.6. The molecular formula is C58H107NO6. The van der Waals surface area contributed by atoms with Gasteiger partial charge < -0.3 is 14.2 Å². The number of allylic oxidation sites excluding steroid dienone is 6. The molecule has 0 fully saturated rings. The van der Waals surface area contributed by atoms with Crippen LogP contribution in [0.3, 0.4) is 0 Å². The Bertz CT molecular complexity index is 1050. The molecule has 0 saturated heterocycles. The van der Waals surface area contributed by atoms with Crippen molar-refractivity contribution in [3.8, 4) is 0 Å². The van der Waals surface area contributed by atoms with Gasteiger partial charge in [-0.15, -0.1) is 0 Å². The Morgan fingerprint density at radius 1 is 0.308 bits per heavy atom. The number of unbranched alkanes of at least 4 members (excludes halogenated alkanes) is 33. The molecule has 0 saturated carbocycles. The minimum atomic E-state index is -0.242. The minimum absolute atomic E-state index is 0.0103. The Balaban J connectivity index is 4.37. The number of hydrogen-bond acceptors (Lipinski definition) is 7. The van der Waals surface area contributed by atoms with Crippen molar-refractivity contribution in [2.24, 2.45) is 0 Å². The number of rotatable bonds is 52. The maximum absolute atomic E-state index is 12.6. The van der Waals surface area contributed by atoms with Gasteiger partial charge in [0.2, 0.25) is 0 Å². The monoisotopic (exact) mass is 914 g/mol. The van der Waals surface area contributed by atoms with E-state index in [9.17, 15) is 14.4 Å². The molecule has 0 amide bonds. The number of esters is 3. The predicted octanol–water partition coefficient (Wildman–Crippen LogP) is 17.9. The van der Waals surface area contributed by atoms with Crippen LogP contribution in [0, 0.1) is 0 Å². The highest BCUT2D eigenvalue weighted by Gasteiger charge is 2.13. The number of carbonyl (C=O) groups is 3. The summed E-state index contributed by atoms with van der Waals surface area (Å²) in [6.07, 6.45) is 62.6. The van der Waals surface area contributed by atoms with E-state index in [2.05, 4.69) is 57.2 Å². The Labute approximate surface area is 403 Å². The quantitative estimate of drug-likeness (QED) is 0.0198. The summed E-state index contributed by atoms with van der Waals surface area (Å²) in [6.45, 7) is 7.31. The molecule has 380 valence electrons. The van der Waals surface area contributed by atoms with Gasteiger partial charge in [0.25, 0.3) is 0 Å². The minimum Gasteiger partial charge on any atom is -0.464 e. The Kier molecular flexibility index (Phi) is 52.2. The van der Waals surface area contributed by atoms with Crippen LogP contribution < -0.4 is 0 Å². The lowest BCUT2D eigenvalue weighted by Crippen LogP contribution is -2.34. The third-order valence-corrected chi connectivity index (χ3v) is 12.4. The van der Waals surface area contributed by atoms with Crippen molar-refractivity contribution in [3.63, 3.8) is 0 Å². The summed E-state index contributed by atoms with van der Waals surface area (Å²) in [6, 6.07) is 0. The van der Waals surface area contributed by atoms with Crippen molar-refractivity contribution >= 4 is 17.9 Å². The molecule has 0 aromatic heterocycles. The van der Waals surface area contributed by atoms with Gasteiger partial charge in [0.15, 0.2) is 0 Å². The van der Waals surface area contributed by atoms with Gasteiger partial charge in [0.1, 0.15) is 20.1 Å². The standard InChI is InChI=1S/C58H107NO6/c1-4-7-10-13-16-19-22-25-28-31-34-37-40-43-46-49-56(60)63-53-52-59(54-64-57(61)50-47-44-41-38-35-32-29-26-23-20-17-14-11-8-5-2)55-65-58(62)51-48-45-42-39-36-33-30-27-24-21-18-15-12-9-6-3/h25-30H,4-24,31-55H2,1-3H3. The molecule has 0 unspecified atom stereocenters. The molecule has 0 aliphatic rings. The maximum Gasteiger partial charge on any atom is 0.307 e. The lowest BCUT2D eigenvalue weighted by atomic mass is 10.1. The zero-order chi connectivity index (χ0) is 47.2. The lowest BCUT2D eigenvalue weighted by molar-refractivity contribution is -0.160. The van der Waals surface area contributed by atoms with Crippen LogP contribution in [0.5, 0.6) is 0 Å². The van der Waals surface area contributed by atoms with E-state index >= 15 is 0 Å². The predicted molar refractivity (Wildman–Crippen MR) is 278 cm³/mol. The first-order valence-corrected chi connectivity index (χ1v) is 28.2. The summed E-state index contributed by atoms with van der Waals surface area (Å²) >= 11 is 0. The molecule has 0 aliphatic heterocycles. The summed E-state index contributed by atoms with van der Waals surface area (Å²) in [4.78, 5) is 39.5. The molecule has 7 nitrogen and oxygen atoms in total. The van der Waals surface area contributed by atoms with E-state index in [0.717, 1.165) is 77.0 Å². The average Bonchev–Trinajstić information content (AvgIpc) is 3.30. The fraction of sp³-hybridized carbons (Fsp3) is 0.845. The first-order valence-electron chi connectivity index (χ1n) is 28.2. The van der Waals surface area contributed by atoms with Gasteiger partial charge >= 0.3 is 17.9 Å².